The fraction of sp³-hybridized carbons (Fsp3) is 0.417. The van der Waals surface area contributed by atoms with E-state index in [-0.39, 0.29) is 23.8 Å². The molecular formula is C24H34N3O6S+. The highest BCUT2D eigenvalue weighted by molar-refractivity contribution is 7.86. The topological polar surface area (TPSA) is 150 Å². The molecule has 0 aromatic heterocycles. The predicted molar refractivity (Wildman–Crippen MR) is 129 cm³/mol. The second-order valence-electron chi connectivity index (χ2n) is 8.55. The van der Waals surface area contributed by atoms with E-state index in [2.05, 4.69) is 0 Å². The van der Waals surface area contributed by atoms with E-state index in [1.54, 1.807) is 44.2 Å². The lowest BCUT2D eigenvalue weighted by Crippen LogP contribution is -2.67. The highest BCUT2D eigenvalue weighted by atomic mass is 32.2. The number of sulfonamides is 1. The quantitative estimate of drug-likeness (QED) is 0.219. The average Bonchev–Trinajstić information content (AvgIpc) is 2.79. The summed E-state index contributed by atoms with van der Waals surface area (Å²) in [6.45, 7) is 2.98. The van der Waals surface area contributed by atoms with Gasteiger partial charge in [0.2, 0.25) is 12.6 Å². The molecule has 0 spiro atoms. The van der Waals surface area contributed by atoms with Crippen LogP contribution in [0, 0.1) is 5.92 Å². The third-order valence-electron chi connectivity index (χ3n) is 5.49. The maximum Gasteiger partial charge on any atom is 0.367 e. The zero-order chi connectivity index (χ0) is 25.4. The monoisotopic (exact) mass is 492 g/mol. The molecule has 10 heteroatoms. The number of nitrogens with zero attached hydrogens (tertiary/aromatic N) is 1. The Bertz CT molecular complexity index is 1060. The van der Waals surface area contributed by atoms with Crippen LogP contribution in [0.5, 0.6) is 5.75 Å². The number of unbranched alkanes of at least 4 members (excludes halogenated alkanes) is 1. The molecule has 0 radical (unpaired) electrons. The van der Waals surface area contributed by atoms with Crippen LogP contribution in [0.1, 0.15) is 33.1 Å². The lowest BCUT2D eigenvalue weighted by atomic mass is 10.1. The van der Waals surface area contributed by atoms with Crippen LogP contribution in [0.2, 0.25) is 0 Å². The number of carbonyl (C=O) groups is 2. The number of carbonyl (C=O) groups excluding carboxylic acids is 1. The van der Waals surface area contributed by atoms with Crippen molar-refractivity contribution in [2.24, 2.45) is 11.7 Å². The third kappa shape index (κ3) is 6.13. The fourth-order valence-corrected chi connectivity index (χ4v) is 6.14. The Morgan fingerprint density at radius 3 is 2.18 bits per heavy atom. The molecule has 9 nitrogen and oxygen atoms in total. The number of amides is 1. The van der Waals surface area contributed by atoms with Gasteiger partial charge in [0, 0.05) is 18.0 Å². The molecule has 1 amide bonds. The van der Waals surface area contributed by atoms with Gasteiger partial charge < -0.3 is 21.3 Å². The molecule has 0 bridgehead atoms. The first kappa shape index (κ1) is 27.3. The minimum atomic E-state index is -4.52. The van der Waals surface area contributed by atoms with E-state index < -0.39 is 38.4 Å². The van der Waals surface area contributed by atoms with Crippen LogP contribution in [0.4, 0.5) is 5.69 Å². The molecule has 186 valence electrons. The van der Waals surface area contributed by atoms with E-state index in [1.807, 2.05) is 0 Å². The standard InChI is InChI=1S/C24H33N3O6S/c1-18(2)16-27(22(24(29)30)10-6-7-15-25,23(28)17-33-20-8-4-3-5-9-20)34(31,32)21-13-11-19(26)12-14-21/h3-5,8-9,11-14,18,22H,6-7,10,15-17,25-26H2,1-2H3/p+1/t22-,27?/m0/s1. The van der Waals surface area contributed by atoms with Crippen molar-refractivity contribution in [3.8, 4) is 5.75 Å². The van der Waals surface area contributed by atoms with Gasteiger partial charge in [-0.05, 0) is 55.8 Å². The molecule has 2 atom stereocenters. The van der Waals surface area contributed by atoms with Crippen molar-refractivity contribution >= 4 is 27.6 Å². The Kier molecular flexibility index (Phi) is 9.60. The smallest absolute Gasteiger partial charge is 0.367 e. The number of rotatable bonds is 13. The number of nitrogens with two attached hydrogens (primary N) is 2. The Balaban J connectivity index is 2.67. The first-order chi connectivity index (χ1) is 16.1. The minimum absolute atomic E-state index is 0.0372. The van der Waals surface area contributed by atoms with Gasteiger partial charge in [-0.1, -0.05) is 32.0 Å². The SMILES string of the molecule is CC(C)C[N+](C(=O)COc1ccccc1)([C@@H](CCCCN)C(=O)O)S(=O)(=O)c1ccc(N)cc1. The van der Waals surface area contributed by atoms with Gasteiger partial charge >= 0.3 is 21.9 Å². The third-order valence-corrected chi connectivity index (χ3v) is 7.82. The van der Waals surface area contributed by atoms with Crippen LogP contribution >= 0.6 is 0 Å². The maximum atomic E-state index is 14.1. The van der Waals surface area contributed by atoms with Gasteiger partial charge in [-0.3, -0.25) is 0 Å². The number of nitrogen functional groups attached to an aromatic ring is 1. The molecule has 2 aromatic carbocycles. The highest BCUT2D eigenvalue weighted by Crippen LogP contribution is 2.33. The van der Waals surface area contributed by atoms with Crippen molar-refractivity contribution in [3.05, 3.63) is 54.6 Å². The summed E-state index contributed by atoms with van der Waals surface area (Å²) in [5, 5.41) is 10.2. The van der Waals surface area contributed by atoms with E-state index in [9.17, 15) is 23.1 Å². The van der Waals surface area contributed by atoms with Gasteiger partial charge in [0.25, 0.3) is 0 Å². The summed E-state index contributed by atoms with van der Waals surface area (Å²) >= 11 is 0. The van der Waals surface area contributed by atoms with Crippen LogP contribution in [-0.4, -0.2) is 55.0 Å². The average molecular weight is 493 g/mol. The Morgan fingerprint density at radius 2 is 1.65 bits per heavy atom. The lowest BCUT2D eigenvalue weighted by Gasteiger charge is -2.39. The van der Waals surface area contributed by atoms with Crippen LogP contribution in [0.15, 0.2) is 59.5 Å². The molecule has 0 aliphatic rings. The number of quaternary nitrogens is 1. The number of anilines is 1. The molecule has 2 rings (SSSR count). The number of para-hydroxylation sites is 1. The minimum Gasteiger partial charge on any atom is -0.479 e. The molecule has 1 unspecified atom stereocenters. The Hall–Kier alpha value is -2.95. The van der Waals surface area contributed by atoms with Crippen molar-refractivity contribution < 1.29 is 31.7 Å². The van der Waals surface area contributed by atoms with E-state index in [0.29, 0.717) is 30.8 Å². The second kappa shape index (κ2) is 12.0. The molecule has 0 saturated carbocycles. The highest BCUT2D eigenvalue weighted by Gasteiger charge is 2.58. The normalized spacial score (nSPS) is 14.4. The fourth-order valence-electron chi connectivity index (χ4n) is 3.94. The van der Waals surface area contributed by atoms with Gasteiger partial charge in [0.1, 0.15) is 17.2 Å². The van der Waals surface area contributed by atoms with E-state index in [1.165, 1.54) is 24.3 Å². The van der Waals surface area contributed by atoms with Crippen molar-refractivity contribution in [1.82, 2.24) is 0 Å². The van der Waals surface area contributed by atoms with E-state index in [0.717, 1.165) is 0 Å². The first-order valence-corrected chi connectivity index (χ1v) is 12.6. The molecule has 5 N–H and O–H groups in total. The first-order valence-electron chi connectivity index (χ1n) is 11.2. The number of hydrogen-bond donors (Lipinski definition) is 3. The number of hydrogen-bond acceptors (Lipinski definition) is 7. The molecule has 34 heavy (non-hydrogen) atoms. The van der Waals surface area contributed by atoms with E-state index >= 15 is 0 Å². The van der Waals surface area contributed by atoms with Crippen molar-refractivity contribution in [3.63, 3.8) is 0 Å². The van der Waals surface area contributed by atoms with Crippen LogP contribution < -0.4 is 16.2 Å². The van der Waals surface area contributed by atoms with Gasteiger partial charge in [0.05, 0.1) is 0 Å². The largest absolute Gasteiger partial charge is 0.479 e. The molecule has 2 aromatic rings. The number of aliphatic carboxylic acids is 1. The summed E-state index contributed by atoms with van der Waals surface area (Å²) < 4.78 is 32.5. The molecular weight excluding hydrogens is 458 g/mol. The summed E-state index contributed by atoms with van der Waals surface area (Å²) in [6.07, 6.45) is 0.822. The summed E-state index contributed by atoms with van der Waals surface area (Å²) in [6, 6.07) is 12.3. The number of ether oxygens (including phenoxy) is 1. The summed E-state index contributed by atoms with van der Waals surface area (Å²) in [7, 11) is -4.52. The van der Waals surface area contributed by atoms with E-state index in [4.69, 9.17) is 16.2 Å². The molecule has 0 heterocycles. The molecule has 0 saturated heterocycles. The summed E-state index contributed by atoms with van der Waals surface area (Å²) in [5.41, 5.74) is 11.6. The molecule has 0 aliphatic carbocycles. The Labute approximate surface area is 201 Å². The van der Waals surface area contributed by atoms with Crippen LogP contribution in [0.25, 0.3) is 0 Å². The summed E-state index contributed by atoms with van der Waals surface area (Å²) in [5.74, 6) is -2.17. The molecule has 0 aliphatic heterocycles. The molecule has 0 fully saturated rings. The van der Waals surface area contributed by atoms with Gasteiger partial charge in [-0.25, -0.2) is 9.59 Å². The Morgan fingerprint density at radius 1 is 1.03 bits per heavy atom. The zero-order valence-corrected chi connectivity index (χ0v) is 20.4. The van der Waals surface area contributed by atoms with Crippen molar-refractivity contribution in [2.45, 2.75) is 44.0 Å². The van der Waals surface area contributed by atoms with Crippen molar-refractivity contribution in [2.75, 3.05) is 25.4 Å². The van der Waals surface area contributed by atoms with Gasteiger partial charge in [-0.15, -0.1) is 3.89 Å². The maximum absolute atomic E-state index is 14.1. The lowest BCUT2D eigenvalue weighted by molar-refractivity contribution is -0.753. The summed E-state index contributed by atoms with van der Waals surface area (Å²) in [4.78, 5) is 26.1. The number of carboxylic acids is 1. The van der Waals surface area contributed by atoms with Gasteiger partial charge in [0.15, 0.2) is 0 Å². The second-order valence-corrected chi connectivity index (χ2v) is 10.6. The number of benzene rings is 2. The van der Waals surface area contributed by atoms with Crippen LogP contribution in [0.3, 0.4) is 0 Å². The van der Waals surface area contributed by atoms with Crippen molar-refractivity contribution in [1.29, 1.82) is 0 Å². The zero-order valence-electron chi connectivity index (χ0n) is 19.6. The number of carboxylic acid groups (broad SMARTS) is 1. The van der Waals surface area contributed by atoms with Crippen LogP contribution in [-0.2, 0) is 19.6 Å². The predicted octanol–water partition coefficient (Wildman–Crippen LogP) is 2.62. The van der Waals surface area contributed by atoms with Gasteiger partial charge in [-0.2, -0.15) is 8.42 Å².